The summed E-state index contributed by atoms with van der Waals surface area (Å²) in [6.07, 6.45) is 0. The zero-order valence-electron chi connectivity index (χ0n) is 13.3. The van der Waals surface area contributed by atoms with Crippen molar-refractivity contribution in [1.82, 2.24) is 10.2 Å². The van der Waals surface area contributed by atoms with E-state index in [4.69, 9.17) is 16.0 Å². The molecule has 1 N–H and O–H groups in total. The number of esters is 1. The Labute approximate surface area is 151 Å². The van der Waals surface area contributed by atoms with Crippen molar-refractivity contribution in [1.29, 1.82) is 0 Å². The molecule has 0 spiro atoms. The average molecular weight is 376 g/mol. The number of anilines is 1. The molecule has 1 aromatic heterocycles. The Morgan fingerprint density at radius 1 is 1.19 bits per heavy atom. The van der Waals surface area contributed by atoms with Crippen molar-refractivity contribution in [2.75, 3.05) is 12.4 Å². The summed E-state index contributed by atoms with van der Waals surface area (Å²) in [6, 6.07) is 9.77. The van der Waals surface area contributed by atoms with Gasteiger partial charge in [0.25, 0.3) is 0 Å². The number of halogens is 2. The lowest BCUT2D eigenvalue weighted by atomic mass is 10.2. The summed E-state index contributed by atoms with van der Waals surface area (Å²) in [6.45, 7) is 0. The molecule has 0 atom stereocenters. The second-order valence-corrected chi connectivity index (χ2v) is 5.47. The second kappa shape index (κ2) is 7.32. The highest BCUT2D eigenvalue weighted by Gasteiger charge is 2.18. The standard InChI is InChI=1S/C17H11ClFN3O4/c1-25-17(24)10-5-6-12(18)13(8-10)20-14(23)16-22-21-15(26-16)9-3-2-4-11(19)7-9/h2-8H,1H3,(H,20,23). The van der Waals surface area contributed by atoms with Crippen molar-refractivity contribution in [2.45, 2.75) is 0 Å². The van der Waals surface area contributed by atoms with Crippen LogP contribution in [0.1, 0.15) is 21.0 Å². The lowest BCUT2D eigenvalue weighted by Crippen LogP contribution is -2.13. The Hall–Kier alpha value is -3.26. The topological polar surface area (TPSA) is 94.3 Å². The van der Waals surface area contributed by atoms with Crippen LogP contribution in [0.4, 0.5) is 10.1 Å². The molecule has 0 saturated carbocycles. The van der Waals surface area contributed by atoms with Gasteiger partial charge in [0.05, 0.1) is 23.4 Å². The number of nitrogens with one attached hydrogen (secondary N) is 1. The number of aromatic nitrogens is 2. The van der Waals surface area contributed by atoms with Crippen LogP contribution < -0.4 is 5.32 Å². The SMILES string of the molecule is COC(=O)c1ccc(Cl)c(NC(=O)c2nnc(-c3cccc(F)c3)o2)c1. The fourth-order valence-electron chi connectivity index (χ4n) is 2.09. The Morgan fingerprint density at radius 3 is 2.73 bits per heavy atom. The highest BCUT2D eigenvalue weighted by atomic mass is 35.5. The molecule has 26 heavy (non-hydrogen) atoms. The molecule has 1 heterocycles. The van der Waals surface area contributed by atoms with Gasteiger partial charge in [-0.05, 0) is 36.4 Å². The summed E-state index contributed by atoms with van der Waals surface area (Å²) in [7, 11) is 1.24. The Morgan fingerprint density at radius 2 is 2.00 bits per heavy atom. The molecule has 3 aromatic rings. The minimum Gasteiger partial charge on any atom is -0.465 e. The van der Waals surface area contributed by atoms with Crippen LogP contribution in [0.15, 0.2) is 46.9 Å². The van der Waals surface area contributed by atoms with Crippen LogP contribution in [0.3, 0.4) is 0 Å². The minimum absolute atomic E-state index is 0.0101. The summed E-state index contributed by atoms with van der Waals surface area (Å²) in [4.78, 5) is 23.8. The van der Waals surface area contributed by atoms with E-state index in [2.05, 4.69) is 20.3 Å². The number of ether oxygens (including phenoxy) is 1. The van der Waals surface area contributed by atoms with Gasteiger partial charge in [-0.15, -0.1) is 10.2 Å². The first-order chi connectivity index (χ1) is 12.5. The van der Waals surface area contributed by atoms with Gasteiger partial charge in [-0.3, -0.25) is 4.79 Å². The van der Waals surface area contributed by atoms with E-state index in [0.29, 0.717) is 5.56 Å². The molecule has 132 valence electrons. The summed E-state index contributed by atoms with van der Waals surface area (Å²) < 4.78 is 23.1. The largest absolute Gasteiger partial charge is 0.465 e. The molecule has 0 fully saturated rings. The van der Waals surface area contributed by atoms with Crippen molar-refractivity contribution in [2.24, 2.45) is 0 Å². The molecule has 7 nitrogen and oxygen atoms in total. The molecule has 9 heteroatoms. The van der Waals surface area contributed by atoms with Gasteiger partial charge >= 0.3 is 17.8 Å². The van der Waals surface area contributed by atoms with E-state index in [-0.39, 0.29) is 28.1 Å². The number of nitrogens with zero attached hydrogens (tertiary/aromatic N) is 2. The van der Waals surface area contributed by atoms with Gasteiger partial charge in [0, 0.05) is 5.56 Å². The molecule has 0 bridgehead atoms. The summed E-state index contributed by atoms with van der Waals surface area (Å²) in [5.74, 6) is -2.14. The Kier molecular flexibility index (Phi) is 4.94. The maximum Gasteiger partial charge on any atom is 0.337 e. The van der Waals surface area contributed by atoms with Crippen LogP contribution in [0.5, 0.6) is 0 Å². The molecule has 0 aliphatic carbocycles. The van der Waals surface area contributed by atoms with Crippen LogP contribution >= 0.6 is 11.6 Å². The third-order valence-corrected chi connectivity index (χ3v) is 3.66. The maximum absolute atomic E-state index is 13.3. The summed E-state index contributed by atoms with van der Waals surface area (Å²) in [5, 5.41) is 10.0. The Bertz CT molecular complexity index is 990. The molecule has 0 unspecified atom stereocenters. The normalized spacial score (nSPS) is 10.4. The smallest absolute Gasteiger partial charge is 0.337 e. The average Bonchev–Trinajstić information content (AvgIpc) is 3.13. The van der Waals surface area contributed by atoms with Gasteiger partial charge in [-0.2, -0.15) is 0 Å². The van der Waals surface area contributed by atoms with E-state index in [1.165, 1.54) is 43.5 Å². The highest BCUT2D eigenvalue weighted by Crippen LogP contribution is 2.25. The van der Waals surface area contributed by atoms with E-state index in [1.54, 1.807) is 6.07 Å². The molecular weight excluding hydrogens is 365 g/mol. The number of carbonyl (C=O) groups is 2. The Balaban J connectivity index is 1.82. The lowest BCUT2D eigenvalue weighted by molar-refractivity contribution is 0.0600. The third kappa shape index (κ3) is 3.70. The number of hydrogen-bond donors (Lipinski definition) is 1. The number of carbonyl (C=O) groups excluding carboxylic acids is 2. The number of benzene rings is 2. The van der Waals surface area contributed by atoms with E-state index < -0.39 is 17.7 Å². The molecule has 0 radical (unpaired) electrons. The fraction of sp³-hybridized carbons (Fsp3) is 0.0588. The van der Waals surface area contributed by atoms with E-state index in [0.717, 1.165) is 0 Å². The van der Waals surface area contributed by atoms with Gasteiger partial charge in [0.15, 0.2) is 0 Å². The number of rotatable bonds is 4. The minimum atomic E-state index is -0.732. The fourth-order valence-corrected chi connectivity index (χ4v) is 2.26. The zero-order valence-corrected chi connectivity index (χ0v) is 14.1. The monoisotopic (exact) mass is 375 g/mol. The molecule has 0 aliphatic rings. The maximum atomic E-state index is 13.3. The predicted molar refractivity (Wildman–Crippen MR) is 90.4 cm³/mol. The van der Waals surface area contributed by atoms with Crippen molar-refractivity contribution >= 4 is 29.2 Å². The quantitative estimate of drug-likeness (QED) is 0.700. The van der Waals surface area contributed by atoms with Gasteiger partial charge < -0.3 is 14.5 Å². The third-order valence-electron chi connectivity index (χ3n) is 3.33. The van der Waals surface area contributed by atoms with Crippen LogP contribution in [0, 0.1) is 5.82 Å². The second-order valence-electron chi connectivity index (χ2n) is 5.06. The van der Waals surface area contributed by atoms with Crippen molar-refractivity contribution in [3.63, 3.8) is 0 Å². The van der Waals surface area contributed by atoms with E-state index in [1.807, 2.05) is 0 Å². The van der Waals surface area contributed by atoms with Crippen LogP contribution in [0.25, 0.3) is 11.5 Å². The highest BCUT2D eigenvalue weighted by molar-refractivity contribution is 6.34. The van der Waals surface area contributed by atoms with Gasteiger partial charge in [-0.25, -0.2) is 9.18 Å². The van der Waals surface area contributed by atoms with Gasteiger partial charge in [0.1, 0.15) is 5.82 Å². The van der Waals surface area contributed by atoms with Crippen LogP contribution in [-0.4, -0.2) is 29.2 Å². The molecular formula is C17H11ClFN3O4. The first kappa shape index (κ1) is 17.6. The van der Waals surface area contributed by atoms with Crippen LogP contribution in [-0.2, 0) is 4.74 Å². The first-order valence-electron chi connectivity index (χ1n) is 7.26. The van der Waals surface area contributed by atoms with Crippen LogP contribution in [0.2, 0.25) is 5.02 Å². The van der Waals surface area contributed by atoms with Crippen molar-refractivity contribution in [3.05, 3.63) is 64.8 Å². The summed E-state index contributed by atoms with van der Waals surface area (Å²) in [5.41, 5.74) is 0.713. The first-order valence-corrected chi connectivity index (χ1v) is 7.64. The molecule has 0 aliphatic heterocycles. The van der Waals surface area contributed by atoms with E-state index in [9.17, 15) is 14.0 Å². The molecule has 2 aromatic carbocycles. The molecule has 1 amide bonds. The number of methoxy groups -OCH3 is 1. The van der Waals surface area contributed by atoms with E-state index >= 15 is 0 Å². The van der Waals surface area contributed by atoms with Gasteiger partial charge in [-0.1, -0.05) is 17.7 Å². The predicted octanol–water partition coefficient (Wildman–Crippen LogP) is 3.57. The lowest BCUT2D eigenvalue weighted by Gasteiger charge is -2.07. The van der Waals surface area contributed by atoms with Crippen molar-refractivity contribution in [3.8, 4) is 11.5 Å². The van der Waals surface area contributed by atoms with Crippen molar-refractivity contribution < 1.29 is 23.1 Å². The number of amides is 1. The molecule has 0 saturated heterocycles. The zero-order chi connectivity index (χ0) is 18.7. The van der Waals surface area contributed by atoms with Gasteiger partial charge in [0.2, 0.25) is 5.89 Å². The molecule has 3 rings (SSSR count). The number of hydrogen-bond acceptors (Lipinski definition) is 6. The summed E-state index contributed by atoms with van der Waals surface area (Å²) >= 11 is 6.02.